The van der Waals surface area contributed by atoms with Crippen LogP contribution in [0.4, 0.5) is 11.4 Å². The minimum atomic E-state index is -4.01. The number of nitrogens with one attached hydrogen (secondary N) is 2. The minimum Gasteiger partial charge on any atom is -0.479 e. The Kier molecular flexibility index (Phi) is 5.91. The van der Waals surface area contributed by atoms with Crippen LogP contribution in [-0.4, -0.2) is 49.4 Å². The van der Waals surface area contributed by atoms with Gasteiger partial charge in [0.15, 0.2) is 11.9 Å². The van der Waals surface area contributed by atoms with E-state index in [9.17, 15) is 18.0 Å². The van der Waals surface area contributed by atoms with Crippen LogP contribution in [0.15, 0.2) is 58.1 Å². The maximum atomic E-state index is 13.2. The summed E-state index contributed by atoms with van der Waals surface area (Å²) in [6.07, 6.45) is 0.773. The zero-order valence-electron chi connectivity index (χ0n) is 18.2. The van der Waals surface area contributed by atoms with Gasteiger partial charge in [-0.05, 0) is 37.6 Å². The van der Waals surface area contributed by atoms with Crippen molar-refractivity contribution in [2.75, 3.05) is 24.2 Å². The predicted molar refractivity (Wildman–Crippen MR) is 120 cm³/mol. The van der Waals surface area contributed by atoms with E-state index in [4.69, 9.17) is 9.26 Å². The third kappa shape index (κ3) is 4.59. The van der Waals surface area contributed by atoms with Gasteiger partial charge in [0, 0.05) is 30.4 Å². The van der Waals surface area contributed by atoms with Gasteiger partial charge in [-0.2, -0.15) is 4.31 Å². The molecule has 33 heavy (non-hydrogen) atoms. The Labute approximate surface area is 190 Å². The summed E-state index contributed by atoms with van der Waals surface area (Å²) in [5.41, 5.74) is 2.03. The molecule has 1 aromatic heterocycles. The fourth-order valence-electron chi connectivity index (χ4n) is 3.39. The Morgan fingerprint density at radius 3 is 2.76 bits per heavy atom. The van der Waals surface area contributed by atoms with Crippen molar-refractivity contribution in [3.05, 3.63) is 54.2 Å². The van der Waals surface area contributed by atoms with Gasteiger partial charge in [-0.15, -0.1) is 0 Å². The molecule has 2 aromatic carbocycles. The van der Waals surface area contributed by atoms with Gasteiger partial charge < -0.3 is 19.9 Å². The maximum Gasteiger partial charge on any atom is 0.265 e. The number of nitrogens with zero attached hydrogens (tertiary/aromatic N) is 2. The van der Waals surface area contributed by atoms with Crippen LogP contribution in [0.25, 0.3) is 11.3 Å². The summed E-state index contributed by atoms with van der Waals surface area (Å²) in [4.78, 5) is 24.4. The van der Waals surface area contributed by atoms with Crippen molar-refractivity contribution < 1.29 is 27.3 Å². The van der Waals surface area contributed by atoms with Gasteiger partial charge in [0.05, 0.1) is 23.3 Å². The number of rotatable bonds is 6. The van der Waals surface area contributed by atoms with Crippen LogP contribution < -0.4 is 15.4 Å². The number of fused-ring (bicyclic) bond motifs is 1. The number of carbonyl (C=O) groups is 2. The number of sulfonamides is 1. The number of amides is 2. The van der Waals surface area contributed by atoms with Gasteiger partial charge >= 0.3 is 0 Å². The predicted octanol–water partition coefficient (Wildman–Crippen LogP) is 2.63. The Bertz CT molecular complexity index is 1320. The first kappa shape index (κ1) is 22.5. The lowest BCUT2D eigenvalue weighted by Crippen LogP contribution is -2.36. The molecule has 4 rings (SSSR count). The standard InChI is InChI=1S/C22H22N4O6S/c1-13-9-17-19(31-14(2)22(28)25-17)11-20(13)33(29,30)26(3)12-21(27)24-16-6-4-5-15(10-16)18-7-8-23-32-18/h4-11,14H,12H2,1-3H3,(H,24,27)(H,25,28)/t14-/m1/s1. The first-order chi connectivity index (χ1) is 15.6. The van der Waals surface area contributed by atoms with E-state index in [-0.39, 0.29) is 16.6 Å². The summed E-state index contributed by atoms with van der Waals surface area (Å²) in [5, 5.41) is 9.04. The molecule has 10 nitrogen and oxygen atoms in total. The van der Waals surface area contributed by atoms with Gasteiger partial charge in [0.25, 0.3) is 5.91 Å². The first-order valence-corrected chi connectivity index (χ1v) is 11.5. The number of likely N-dealkylation sites (N-methyl/N-ethyl adjacent to an activating group) is 1. The highest BCUT2D eigenvalue weighted by Crippen LogP contribution is 2.35. The molecule has 2 amide bonds. The van der Waals surface area contributed by atoms with Crippen LogP contribution >= 0.6 is 0 Å². The number of carbonyl (C=O) groups excluding carboxylic acids is 2. The smallest absolute Gasteiger partial charge is 0.265 e. The number of ether oxygens (including phenoxy) is 1. The molecule has 0 saturated heterocycles. The molecule has 0 saturated carbocycles. The Morgan fingerprint density at radius 2 is 2.03 bits per heavy atom. The van der Waals surface area contributed by atoms with Crippen LogP contribution in [0.5, 0.6) is 5.75 Å². The van der Waals surface area contributed by atoms with Gasteiger partial charge in [-0.1, -0.05) is 17.3 Å². The summed E-state index contributed by atoms with van der Waals surface area (Å²) >= 11 is 0. The van der Waals surface area contributed by atoms with E-state index in [1.54, 1.807) is 44.2 Å². The van der Waals surface area contributed by atoms with E-state index >= 15 is 0 Å². The zero-order chi connectivity index (χ0) is 23.8. The number of hydrogen-bond donors (Lipinski definition) is 2. The number of hydrogen-bond acceptors (Lipinski definition) is 7. The molecular weight excluding hydrogens is 448 g/mol. The Morgan fingerprint density at radius 1 is 1.24 bits per heavy atom. The number of anilines is 2. The number of aryl methyl sites for hydroxylation is 1. The third-order valence-corrected chi connectivity index (χ3v) is 7.08. The van der Waals surface area contributed by atoms with E-state index in [0.29, 0.717) is 22.7 Å². The topological polar surface area (TPSA) is 131 Å². The summed E-state index contributed by atoms with van der Waals surface area (Å²) < 4.78 is 37.9. The quantitative estimate of drug-likeness (QED) is 0.566. The lowest BCUT2D eigenvalue weighted by atomic mass is 10.1. The summed E-state index contributed by atoms with van der Waals surface area (Å²) in [6.45, 7) is 2.78. The van der Waals surface area contributed by atoms with Crippen molar-refractivity contribution in [1.82, 2.24) is 9.46 Å². The fourth-order valence-corrected chi connectivity index (χ4v) is 4.74. The van der Waals surface area contributed by atoms with Crippen LogP contribution in [-0.2, 0) is 19.6 Å². The van der Waals surface area contributed by atoms with Crippen LogP contribution in [0.1, 0.15) is 12.5 Å². The normalized spacial score (nSPS) is 15.5. The molecule has 0 fully saturated rings. The molecule has 2 N–H and O–H groups in total. The molecule has 0 bridgehead atoms. The van der Waals surface area contributed by atoms with Crippen molar-refractivity contribution in [3.8, 4) is 17.1 Å². The SMILES string of the molecule is Cc1cc2c(cc1S(=O)(=O)N(C)CC(=O)Nc1cccc(-c3ccno3)c1)O[C@H](C)C(=O)N2. The molecule has 1 aliphatic heterocycles. The summed E-state index contributed by atoms with van der Waals surface area (Å²) in [5.74, 6) is -0.0167. The molecule has 0 radical (unpaired) electrons. The van der Waals surface area contributed by atoms with E-state index in [1.807, 2.05) is 0 Å². The second-order valence-corrected chi connectivity index (χ2v) is 9.64. The van der Waals surface area contributed by atoms with Crippen LogP contribution in [0.2, 0.25) is 0 Å². The highest BCUT2D eigenvalue weighted by atomic mass is 32.2. The lowest BCUT2D eigenvalue weighted by Gasteiger charge is -2.25. The van der Waals surface area contributed by atoms with E-state index < -0.39 is 28.6 Å². The second-order valence-electron chi connectivity index (χ2n) is 7.63. The van der Waals surface area contributed by atoms with E-state index in [0.717, 1.165) is 9.87 Å². The fraction of sp³-hybridized carbons (Fsp3) is 0.227. The van der Waals surface area contributed by atoms with Crippen molar-refractivity contribution >= 4 is 33.2 Å². The highest BCUT2D eigenvalue weighted by Gasteiger charge is 2.30. The van der Waals surface area contributed by atoms with E-state index in [1.165, 1.54) is 25.4 Å². The monoisotopic (exact) mass is 470 g/mol. The van der Waals surface area contributed by atoms with Crippen LogP contribution in [0, 0.1) is 6.92 Å². The molecule has 0 unspecified atom stereocenters. The van der Waals surface area contributed by atoms with Crippen molar-refractivity contribution in [1.29, 1.82) is 0 Å². The maximum absolute atomic E-state index is 13.2. The largest absolute Gasteiger partial charge is 0.479 e. The average molecular weight is 471 g/mol. The number of aromatic nitrogens is 1. The van der Waals surface area contributed by atoms with Gasteiger partial charge in [-0.25, -0.2) is 8.42 Å². The summed E-state index contributed by atoms with van der Waals surface area (Å²) in [7, 11) is -2.69. The zero-order valence-corrected chi connectivity index (χ0v) is 19.0. The van der Waals surface area contributed by atoms with Gasteiger partial charge in [0.1, 0.15) is 5.75 Å². The number of benzene rings is 2. The Hall–Kier alpha value is -3.70. The van der Waals surface area contributed by atoms with Crippen molar-refractivity contribution in [2.24, 2.45) is 0 Å². The molecule has 0 spiro atoms. The van der Waals surface area contributed by atoms with Crippen molar-refractivity contribution in [2.45, 2.75) is 24.8 Å². The second kappa shape index (κ2) is 8.68. The molecule has 2 heterocycles. The van der Waals surface area contributed by atoms with Crippen LogP contribution in [0.3, 0.4) is 0 Å². The minimum absolute atomic E-state index is 0.00721. The molecular formula is C22H22N4O6S. The molecule has 0 aliphatic carbocycles. The highest BCUT2D eigenvalue weighted by molar-refractivity contribution is 7.89. The van der Waals surface area contributed by atoms with Gasteiger partial charge in [-0.3, -0.25) is 9.59 Å². The van der Waals surface area contributed by atoms with Crippen molar-refractivity contribution in [3.63, 3.8) is 0 Å². The summed E-state index contributed by atoms with van der Waals surface area (Å²) in [6, 6.07) is 11.5. The first-order valence-electron chi connectivity index (χ1n) is 10.0. The van der Waals surface area contributed by atoms with E-state index in [2.05, 4.69) is 15.8 Å². The molecule has 172 valence electrons. The molecule has 1 aliphatic rings. The lowest BCUT2D eigenvalue weighted by molar-refractivity contribution is -0.122. The molecule has 3 aromatic rings. The molecule has 1 atom stereocenters. The Balaban J connectivity index is 1.50. The molecule has 11 heteroatoms. The third-order valence-electron chi connectivity index (χ3n) is 5.13. The van der Waals surface area contributed by atoms with Gasteiger partial charge in [0.2, 0.25) is 15.9 Å². The average Bonchev–Trinajstić information content (AvgIpc) is 3.29.